The highest BCUT2D eigenvalue weighted by Gasteiger charge is 2.05. The molecule has 2 aromatic carbocycles. The van der Waals surface area contributed by atoms with Gasteiger partial charge in [-0.05, 0) is 36.2 Å². The number of hydrogen-bond donors (Lipinski definition) is 0. The summed E-state index contributed by atoms with van der Waals surface area (Å²) < 4.78 is 55.5. The molecule has 0 bridgehead atoms. The zero-order chi connectivity index (χ0) is 14.9. The molecule has 0 amide bonds. The first kappa shape index (κ1) is 9.72. The van der Waals surface area contributed by atoms with Crippen molar-refractivity contribution >= 4 is 5.69 Å². The van der Waals surface area contributed by atoms with Crippen LogP contribution in [0.4, 0.5) is 18.9 Å². The van der Waals surface area contributed by atoms with Gasteiger partial charge < -0.3 is 0 Å². The Morgan fingerprint density at radius 3 is 2.28 bits per heavy atom. The predicted molar refractivity (Wildman–Crippen MR) is 61.8 cm³/mol. The van der Waals surface area contributed by atoms with E-state index in [1.807, 2.05) is 0 Å². The Morgan fingerprint density at radius 1 is 1.00 bits per heavy atom. The van der Waals surface area contributed by atoms with Crippen LogP contribution in [0.1, 0.15) is 13.9 Å². The molecule has 0 aliphatic rings. The second-order valence-electron chi connectivity index (χ2n) is 3.56. The molecule has 0 aromatic heterocycles. The molecule has 0 heterocycles. The fourth-order valence-corrected chi connectivity index (χ4v) is 1.47. The van der Waals surface area contributed by atoms with Crippen molar-refractivity contribution in [1.82, 2.24) is 0 Å². The monoisotopic (exact) mass is 249 g/mol. The Bertz CT molecular complexity index is 688. The minimum absolute atomic E-state index is 0.0464. The van der Waals surface area contributed by atoms with E-state index in [9.17, 15) is 13.2 Å². The third-order valence-electron chi connectivity index (χ3n) is 2.22. The average Bonchev–Trinajstić information content (AvgIpc) is 2.37. The minimum Gasteiger partial charge on any atom is -0.235 e. The maximum atomic E-state index is 13.2. The molecule has 0 unspecified atom stereocenters. The van der Waals surface area contributed by atoms with Crippen molar-refractivity contribution in [3.63, 3.8) is 0 Å². The number of hydrogen-bond acceptors (Lipinski definition) is 0. The van der Waals surface area contributed by atoms with E-state index in [0.29, 0.717) is 6.07 Å². The van der Waals surface area contributed by atoms with E-state index in [2.05, 4.69) is 4.85 Å². The summed E-state index contributed by atoms with van der Waals surface area (Å²) in [6, 6.07) is 5.50. The molecule has 0 saturated heterocycles. The largest absolute Gasteiger partial charge is 0.235 e. The van der Waals surface area contributed by atoms with Gasteiger partial charge in [-0.2, -0.15) is 0 Å². The van der Waals surface area contributed by atoms with Crippen LogP contribution >= 0.6 is 0 Å². The second-order valence-corrected chi connectivity index (χ2v) is 3.56. The lowest BCUT2D eigenvalue weighted by molar-refractivity contribution is 0.580. The van der Waals surface area contributed by atoms with Gasteiger partial charge in [0.15, 0.2) is 0 Å². The van der Waals surface area contributed by atoms with Crippen molar-refractivity contribution in [3.8, 4) is 0 Å². The Morgan fingerprint density at radius 2 is 1.67 bits per heavy atom. The molecule has 2 aromatic rings. The van der Waals surface area contributed by atoms with Gasteiger partial charge in [0.25, 0.3) is 0 Å². The maximum Gasteiger partial charge on any atom is 0.222 e. The molecule has 18 heavy (non-hydrogen) atoms. The number of benzene rings is 2. The molecule has 4 heteroatoms. The van der Waals surface area contributed by atoms with Crippen LogP contribution in [0.15, 0.2) is 36.4 Å². The van der Waals surface area contributed by atoms with Gasteiger partial charge in [0, 0.05) is 8.81 Å². The molecule has 0 saturated carbocycles. The summed E-state index contributed by atoms with van der Waals surface area (Å²) in [7, 11) is 0. The summed E-state index contributed by atoms with van der Waals surface area (Å²) in [4.78, 5) is 2.93. The average molecular weight is 249 g/mol. The van der Waals surface area contributed by atoms with Crippen molar-refractivity contribution < 1.29 is 15.9 Å². The molecule has 0 fully saturated rings. The molecular weight excluding hydrogens is 239 g/mol. The van der Waals surface area contributed by atoms with E-state index in [1.54, 1.807) is 0 Å². The summed E-state index contributed by atoms with van der Waals surface area (Å²) in [5.74, 6) is -2.59. The molecular formula is C14H8F3N. The maximum absolute atomic E-state index is 13.2. The van der Waals surface area contributed by atoms with E-state index >= 15 is 0 Å². The molecule has 0 atom stereocenters. The minimum atomic E-state index is -2.24. The van der Waals surface area contributed by atoms with E-state index in [4.69, 9.17) is 9.31 Å². The first-order chi connectivity index (χ1) is 9.34. The van der Waals surface area contributed by atoms with E-state index < -0.39 is 23.8 Å². The SMILES string of the molecule is [2H]C([2H])(c1cc(F)cc(F)c1)c1ccc(F)c([N+]#[C-])c1. The lowest BCUT2D eigenvalue weighted by Gasteiger charge is -2.04. The van der Waals surface area contributed by atoms with Crippen LogP contribution in [-0.4, -0.2) is 0 Å². The molecule has 0 aliphatic carbocycles. The lowest BCUT2D eigenvalue weighted by Crippen LogP contribution is -1.91. The van der Waals surface area contributed by atoms with Crippen LogP contribution in [0.3, 0.4) is 0 Å². The molecule has 90 valence electrons. The van der Waals surface area contributed by atoms with Crippen molar-refractivity contribution in [2.24, 2.45) is 0 Å². The number of nitrogens with zero attached hydrogens (tertiary/aromatic N) is 1. The smallest absolute Gasteiger partial charge is 0.222 e. The Hall–Kier alpha value is -2.28. The zero-order valence-corrected chi connectivity index (χ0v) is 9.05. The van der Waals surface area contributed by atoms with Gasteiger partial charge in [0.2, 0.25) is 5.69 Å². The first-order valence-corrected chi connectivity index (χ1v) is 4.98. The zero-order valence-electron chi connectivity index (χ0n) is 11.0. The Kier molecular flexibility index (Phi) is 2.66. The van der Waals surface area contributed by atoms with Crippen LogP contribution < -0.4 is 0 Å². The van der Waals surface area contributed by atoms with Crippen molar-refractivity contribution in [1.29, 1.82) is 0 Å². The van der Waals surface area contributed by atoms with E-state index in [1.165, 1.54) is 0 Å². The van der Waals surface area contributed by atoms with Crippen molar-refractivity contribution in [2.75, 3.05) is 0 Å². The predicted octanol–water partition coefficient (Wildman–Crippen LogP) is 4.25. The molecule has 0 N–H and O–H groups in total. The highest BCUT2D eigenvalue weighted by atomic mass is 19.1. The molecule has 0 aliphatic heterocycles. The highest BCUT2D eigenvalue weighted by molar-refractivity contribution is 5.49. The van der Waals surface area contributed by atoms with Crippen molar-refractivity contribution in [3.05, 3.63) is 76.4 Å². The van der Waals surface area contributed by atoms with E-state index in [-0.39, 0.29) is 16.8 Å². The third-order valence-corrected chi connectivity index (χ3v) is 2.22. The second kappa shape index (κ2) is 4.92. The summed E-state index contributed by atoms with van der Waals surface area (Å²) in [6.07, 6.45) is -2.24. The quantitative estimate of drug-likeness (QED) is 0.701. The lowest BCUT2D eigenvalue weighted by atomic mass is 10.0. The van der Waals surface area contributed by atoms with Crippen LogP contribution in [0.2, 0.25) is 0 Å². The Labute approximate surface area is 105 Å². The van der Waals surface area contributed by atoms with Gasteiger partial charge in [-0.1, -0.05) is 11.6 Å². The van der Waals surface area contributed by atoms with Crippen LogP contribution in [0, 0.1) is 24.0 Å². The standard InChI is InChI=1S/C14H8F3N/c1-18-14-7-9(2-3-13(14)17)4-10-5-11(15)8-12(16)6-10/h2-3,5-8H,4H2/i4D2. The van der Waals surface area contributed by atoms with Crippen LogP contribution in [-0.2, 0) is 6.37 Å². The normalized spacial score (nSPS) is 12.6. The molecule has 2 rings (SSSR count). The highest BCUT2D eigenvalue weighted by Crippen LogP contribution is 2.21. The van der Waals surface area contributed by atoms with Crippen molar-refractivity contribution in [2.45, 2.75) is 6.37 Å². The van der Waals surface area contributed by atoms with Crippen LogP contribution in [0.5, 0.6) is 0 Å². The topological polar surface area (TPSA) is 4.36 Å². The van der Waals surface area contributed by atoms with Gasteiger partial charge in [-0.25, -0.2) is 18.0 Å². The number of halogens is 3. The number of rotatable bonds is 2. The third kappa shape index (κ3) is 2.69. The fraction of sp³-hybridized carbons (Fsp3) is 0.0714. The molecule has 1 nitrogen and oxygen atoms in total. The summed E-state index contributed by atoms with van der Waals surface area (Å²) >= 11 is 0. The summed E-state index contributed by atoms with van der Waals surface area (Å²) in [5.41, 5.74) is -0.629. The molecule has 0 radical (unpaired) electrons. The van der Waals surface area contributed by atoms with Gasteiger partial charge in [0.05, 0.1) is 6.57 Å². The summed E-state index contributed by atoms with van der Waals surface area (Å²) in [5, 5.41) is 0. The van der Waals surface area contributed by atoms with Gasteiger partial charge >= 0.3 is 0 Å². The van der Waals surface area contributed by atoms with Gasteiger partial charge in [-0.3, -0.25) is 0 Å². The van der Waals surface area contributed by atoms with E-state index in [0.717, 1.165) is 30.3 Å². The summed E-state index contributed by atoms with van der Waals surface area (Å²) in [6.45, 7) is 6.80. The molecule has 0 spiro atoms. The fourth-order valence-electron chi connectivity index (χ4n) is 1.47. The van der Waals surface area contributed by atoms with Crippen LogP contribution in [0.25, 0.3) is 4.85 Å². The Balaban J connectivity index is 2.57. The van der Waals surface area contributed by atoms with Gasteiger partial charge in [0.1, 0.15) is 17.5 Å². The first-order valence-electron chi connectivity index (χ1n) is 5.98. The van der Waals surface area contributed by atoms with Gasteiger partial charge in [-0.15, -0.1) is 0 Å².